The molecule has 0 unspecified atom stereocenters. The van der Waals surface area contributed by atoms with Crippen LogP contribution in [-0.2, 0) is 0 Å². The van der Waals surface area contributed by atoms with E-state index >= 15 is 0 Å². The summed E-state index contributed by atoms with van der Waals surface area (Å²) in [4.78, 5) is 4.03. The minimum atomic E-state index is 0. The maximum atomic E-state index is 9.29. The highest BCUT2D eigenvalue weighted by atomic mass is 79.9. The summed E-state index contributed by atoms with van der Waals surface area (Å²) in [6, 6.07) is 7.21. The molecule has 74 valence electrons. The molecule has 1 aromatic carbocycles. The first-order chi connectivity index (χ1) is 6.16. The summed E-state index contributed by atoms with van der Waals surface area (Å²) in [5.41, 5.74) is 6.23. The number of rotatable bonds is 0. The lowest BCUT2D eigenvalue weighted by Gasteiger charge is -2.01. The molecule has 0 fully saturated rings. The van der Waals surface area contributed by atoms with Crippen molar-refractivity contribution >= 4 is 49.6 Å². The van der Waals surface area contributed by atoms with E-state index in [0.29, 0.717) is 0 Å². The summed E-state index contributed by atoms with van der Waals surface area (Å²) in [5, 5.41) is 10.2. The fraction of sp³-hybridized carbons (Fsp3) is 0. The van der Waals surface area contributed by atoms with E-state index in [1.807, 2.05) is 18.2 Å². The zero-order chi connectivity index (χ0) is 9.42. The van der Waals surface area contributed by atoms with Crippen LogP contribution in [0.1, 0.15) is 0 Å². The topological polar surface area (TPSA) is 59.1 Å². The lowest BCUT2D eigenvalue weighted by Crippen LogP contribution is -1.90. The highest BCUT2D eigenvalue weighted by Gasteiger charge is 2.01. The van der Waals surface area contributed by atoms with Crippen LogP contribution >= 0.6 is 32.9 Å². The molecular weight excluding hydrogens is 312 g/mol. The van der Waals surface area contributed by atoms with E-state index in [2.05, 4.69) is 20.9 Å². The number of aromatic hydroxyl groups is 1. The number of hydrogen-bond donors (Lipinski definition) is 2. The molecule has 0 saturated heterocycles. The average molecular weight is 320 g/mol. The summed E-state index contributed by atoms with van der Waals surface area (Å²) in [7, 11) is 0. The lowest BCUT2D eigenvalue weighted by atomic mass is 10.2. The van der Waals surface area contributed by atoms with E-state index in [-0.39, 0.29) is 28.5 Å². The first-order valence-electron chi connectivity index (χ1n) is 3.71. The predicted molar refractivity (Wildman–Crippen MR) is 65.8 cm³/mol. The molecule has 1 heterocycles. The van der Waals surface area contributed by atoms with Crippen molar-refractivity contribution in [3.63, 3.8) is 0 Å². The van der Waals surface area contributed by atoms with Crippen LogP contribution in [0.25, 0.3) is 10.9 Å². The average Bonchev–Trinajstić information content (AvgIpc) is 2.08. The van der Waals surface area contributed by atoms with Crippen molar-refractivity contribution in [2.24, 2.45) is 0 Å². The largest absolute Gasteiger partial charge is 0.504 e. The SMILES string of the molecule is Br.Nc1nc2cc(Br)ccc2cc1O. The van der Waals surface area contributed by atoms with Gasteiger partial charge in [-0.25, -0.2) is 4.98 Å². The minimum Gasteiger partial charge on any atom is -0.504 e. The number of halogens is 2. The molecule has 0 aliphatic heterocycles. The number of pyridine rings is 1. The maximum Gasteiger partial charge on any atom is 0.166 e. The van der Waals surface area contributed by atoms with Gasteiger partial charge in [0.25, 0.3) is 0 Å². The standard InChI is InChI=1S/C9H7BrN2O.BrH/c10-6-2-1-5-3-8(13)9(11)12-7(5)4-6;/h1-4,13H,(H2,11,12);1H. The number of anilines is 1. The molecule has 0 aliphatic rings. The molecule has 0 spiro atoms. The van der Waals surface area contributed by atoms with E-state index in [1.165, 1.54) is 0 Å². The van der Waals surface area contributed by atoms with Crippen molar-refractivity contribution in [2.45, 2.75) is 0 Å². The summed E-state index contributed by atoms with van der Waals surface area (Å²) in [5.74, 6) is 0.181. The van der Waals surface area contributed by atoms with E-state index in [9.17, 15) is 5.11 Å². The summed E-state index contributed by atoms with van der Waals surface area (Å²) in [6.45, 7) is 0. The Morgan fingerprint density at radius 2 is 2.00 bits per heavy atom. The molecule has 0 aliphatic carbocycles. The molecule has 0 saturated carbocycles. The summed E-state index contributed by atoms with van der Waals surface area (Å²) < 4.78 is 0.942. The van der Waals surface area contributed by atoms with Crippen LogP contribution in [0.2, 0.25) is 0 Å². The third-order valence-electron chi connectivity index (χ3n) is 1.79. The zero-order valence-electron chi connectivity index (χ0n) is 7.07. The smallest absolute Gasteiger partial charge is 0.166 e. The van der Waals surface area contributed by atoms with Gasteiger partial charge in [-0.15, -0.1) is 17.0 Å². The number of hydrogen-bond acceptors (Lipinski definition) is 3. The first kappa shape index (κ1) is 11.3. The number of nitrogens with zero attached hydrogens (tertiary/aromatic N) is 1. The van der Waals surface area contributed by atoms with Crippen molar-refractivity contribution in [3.05, 3.63) is 28.7 Å². The van der Waals surface area contributed by atoms with Crippen LogP contribution in [0.4, 0.5) is 5.82 Å². The normalized spacial score (nSPS) is 9.79. The number of nitrogens with two attached hydrogens (primary N) is 1. The van der Waals surface area contributed by atoms with Gasteiger partial charge in [-0.05, 0) is 18.2 Å². The van der Waals surface area contributed by atoms with Gasteiger partial charge in [0.15, 0.2) is 11.6 Å². The molecular formula is C9H8Br2N2O. The fourth-order valence-corrected chi connectivity index (χ4v) is 1.49. The Bertz CT molecular complexity index is 474. The van der Waals surface area contributed by atoms with Gasteiger partial charge in [-0.1, -0.05) is 22.0 Å². The van der Waals surface area contributed by atoms with Gasteiger partial charge in [0, 0.05) is 9.86 Å². The first-order valence-corrected chi connectivity index (χ1v) is 4.51. The third kappa shape index (κ3) is 1.99. The second kappa shape index (κ2) is 4.14. The van der Waals surface area contributed by atoms with E-state index < -0.39 is 0 Å². The summed E-state index contributed by atoms with van der Waals surface area (Å²) in [6.07, 6.45) is 0. The van der Waals surface area contributed by atoms with Crippen LogP contribution in [-0.4, -0.2) is 10.1 Å². The Balaban J connectivity index is 0.000000980. The summed E-state index contributed by atoms with van der Waals surface area (Å²) >= 11 is 3.33. The molecule has 14 heavy (non-hydrogen) atoms. The minimum absolute atomic E-state index is 0. The highest BCUT2D eigenvalue weighted by molar-refractivity contribution is 9.10. The van der Waals surface area contributed by atoms with Gasteiger partial charge in [0.05, 0.1) is 5.52 Å². The van der Waals surface area contributed by atoms with E-state index in [1.54, 1.807) is 6.07 Å². The van der Waals surface area contributed by atoms with E-state index in [0.717, 1.165) is 15.4 Å². The fourth-order valence-electron chi connectivity index (χ4n) is 1.14. The van der Waals surface area contributed by atoms with Crippen molar-refractivity contribution in [2.75, 3.05) is 5.73 Å². The quantitative estimate of drug-likeness (QED) is 0.785. The Hall–Kier alpha value is -0.810. The predicted octanol–water partition coefficient (Wildman–Crippen LogP) is 2.86. The Morgan fingerprint density at radius 3 is 2.71 bits per heavy atom. The van der Waals surface area contributed by atoms with Crippen molar-refractivity contribution in [1.29, 1.82) is 0 Å². The van der Waals surface area contributed by atoms with Crippen LogP contribution in [0.5, 0.6) is 5.75 Å². The van der Waals surface area contributed by atoms with Crippen LogP contribution in [0.3, 0.4) is 0 Å². The molecule has 0 atom stereocenters. The lowest BCUT2D eigenvalue weighted by molar-refractivity contribution is 0.477. The van der Waals surface area contributed by atoms with Crippen LogP contribution in [0.15, 0.2) is 28.7 Å². The van der Waals surface area contributed by atoms with Gasteiger partial charge >= 0.3 is 0 Å². The van der Waals surface area contributed by atoms with Crippen molar-refractivity contribution < 1.29 is 5.11 Å². The molecule has 1 aromatic heterocycles. The number of fused-ring (bicyclic) bond motifs is 1. The van der Waals surface area contributed by atoms with Gasteiger partial charge in [-0.3, -0.25) is 0 Å². The molecule has 5 heteroatoms. The molecule has 2 rings (SSSR count). The Morgan fingerprint density at radius 1 is 1.29 bits per heavy atom. The molecule has 2 aromatic rings. The molecule has 0 bridgehead atoms. The van der Waals surface area contributed by atoms with Crippen LogP contribution < -0.4 is 5.73 Å². The molecule has 0 amide bonds. The van der Waals surface area contributed by atoms with Gasteiger partial charge in [-0.2, -0.15) is 0 Å². The van der Waals surface area contributed by atoms with Gasteiger partial charge in [0.1, 0.15) is 0 Å². The number of benzene rings is 1. The van der Waals surface area contributed by atoms with Crippen LogP contribution in [0, 0.1) is 0 Å². The number of nitrogen functional groups attached to an aromatic ring is 1. The second-order valence-corrected chi connectivity index (χ2v) is 3.65. The Kier molecular flexibility index (Phi) is 3.34. The molecule has 0 radical (unpaired) electrons. The zero-order valence-corrected chi connectivity index (χ0v) is 10.4. The molecule has 3 nitrogen and oxygen atoms in total. The third-order valence-corrected chi connectivity index (χ3v) is 2.28. The van der Waals surface area contributed by atoms with Gasteiger partial charge < -0.3 is 10.8 Å². The van der Waals surface area contributed by atoms with E-state index in [4.69, 9.17) is 5.73 Å². The van der Waals surface area contributed by atoms with Crippen molar-refractivity contribution in [1.82, 2.24) is 4.98 Å². The Labute approximate surface area is 99.8 Å². The van der Waals surface area contributed by atoms with Gasteiger partial charge in [0.2, 0.25) is 0 Å². The van der Waals surface area contributed by atoms with Crippen molar-refractivity contribution in [3.8, 4) is 5.75 Å². The maximum absolute atomic E-state index is 9.29. The monoisotopic (exact) mass is 318 g/mol. The second-order valence-electron chi connectivity index (χ2n) is 2.73. The highest BCUT2D eigenvalue weighted by Crippen LogP contribution is 2.25. The molecule has 3 N–H and O–H groups in total. The number of aromatic nitrogens is 1.